The molecule has 1 N–H and O–H groups in total. The second-order valence-corrected chi connectivity index (χ2v) is 3.39. The number of nitrogens with one attached hydrogen (secondary N) is 1. The number of benzene rings is 1. The summed E-state index contributed by atoms with van der Waals surface area (Å²) in [6, 6.07) is 7.04. The molecule has 0 amide bonds. The molecule has 1 aromatic heterocycles. The third kappa shape index (κ3) is 1.84. The molecule has 1 heterocycles. The van der Waals surface area contributed by atoms with Crippen LogP contribution >= 0.6 is 12.2 Å². The Hall–Kier alpha value is -1.82. The van der Waals surface area contributed by atoms with Crippen LogP contribution in [0.3, 0.4) is 0 Å². The van der Waals surface area contributed by atoms with Gasteiger partial charge in [0.15, 0.2) is 5.78 Å². The number of hydrogen-bond donors (Lipinski definition) is 1. The third-order valence-electron chi connectivity index (χ3n) is 2.00. The van der Waals surface area contributed by atoms with Crippen LogP contribution in [-0.2, 0) is 0 Å². The van der Waals surface area contributed by atoms with E-state index in [0.29, 0.717) is 10.3 Å². The van der Waals surface area contributed by atoms with Crippen LogP contribution < -0.4 is 0 Å². The first-order chi connectivity index (χ1) is 7.18. The number of aromatic nitrogens is 4. The van der Waals surface area contributed by atoms with Gasteiger partial charge in [0.2, 0.25) is 4.77 Å². The zero-order valence-corrected chi connectivity index (χ0v) is 8.78. The Morgan fingerprint density at radius 3 is 2.53 bits per heavy atom. The Balaban J connectivity index is 2.44. The number of tetrazole rings is 1. The fourth-order valence-corrected chi connectivity index (χ4v) is 1.40. The van der Waals surface area contributed by atoms with Crippen molar-refractivity contribution in [3.05, 3.63) is 34.6 Å². The first-order valence-electron chi connectivity index (χ1n) is 4.30. The van der Waals surface area contributed by atoms with Crippen LogP contribution in [0, 0.1) is 4.77 Å². The van der Waals surface area contributed by atoms with E-state index in [9.17, 15) is 4.79 Å². The molecule has 0 aliphatic carbocycles. The second-order valence-electron chi connectivity index (χ2n) is 3.02. The fourth-order valence-electron chi connectivity index (χ4n) is 1.21. The average molecular weight is 220 g/mol. The summed E-state index contributed by atoms with van der Waals surface area (Å²) in [5, 5.41) is 9.87. The minimum atomic E-state index is 0.0351. The van der Waals surface area contributed by atoms with E-state index < -0.39 is 0 Å². The topological polar surface area (TPSA) is 63.6 Å². The van der Waals surface area contributed by atoms with Crippen LogP contribution in [0.1, 0.15) is 17.3 Å². The van der Waals surface area contributed by atoms with E-state index >= 15 is 0 Å². The number of carbonyl (C=O) groups excluding carboxylic acids is 1. The first-order valence-corrected chi connectivity index (χ1v) is 4.71. The van der Waals surface area contributed by atoms with Crippen LogP contribution in [0.4, 0.5) is 0 Å². The van der Waals surface area contributed by atoms with E-state index in [-0.39, 0.29) is 5.78 Å². The summed E-state index contributed by atoms with van der Waals surface area (Å²) in [5.74, 6) is 0.0351. The molecule has 0 unspecified atom stereocenters. The van der Waals surface area contributed by atoms with Crippen LogP contribution in [0.15, 0.2) is 24.3 Å². The molecule has 5 nitrogen and oxygen atoms in total. The number of ketones is 1. The first kappa shape index (κ1) is 9.72. The lowest BCUT2D eigenvalue weighted by molar-refractivity contribution is 0.101. The lowest BCUT2D eigenvalue weighted by atomic mass is 10.1. The standard InChI is InChI=1S/C9H8N4OS/c1-6(14)7-2-4-8(5-3-7)13-9(15)10-11-12-13/h2-5H,1H3,(H,10,12,15). The number of carbonyl (C=O) groups is 1. The Bertz CT molecular complexity index is 540. The smallest absolute Gasteiger partial charge is 0.242 e. The van der Waals surface area contributed by atoms with E-state index in [1.807, 2.05) is 0 Å². The highest BCUT2D eigenvalue weighted by Crippen LogP contribution is 2.08. The molecular weight excluding hydrogens is 212 g/mol. The maximum Gasteiger partial charge on any atom is 0.242 e. The molecule has 0 bridgehead atoms. The van der Waals surface area contributed by atoms with Crippen LogP contribution in [0.25, 0.3) is 5.69 Å². The number of hydrogen-bond acceptors (Lipinski definition) is 4. The predicted molar refractivity (Wildman–Crippen MR) is 56.5 cm³/mol. The highest BCUT2D eigenvalue weighted by atomic mass is 32.1. The molecule has 0 saturated carbocycles. The molecule has 2 rings (SSSR count). The molecule has 1 aromatic carbocycles. The Morgan fingerprint density at radius 1 is 1.40 bits per heavy atom. The molecule has 0 aliphatic rings. The van der Waals surface area contributed by atoms with Crippen molar-refractivity contribution in [2.45, 2.75) is 6.92 Å². The van der Waals surface area contributed by atoms with Crippen molar-refractivity contribution in [3.63, 3.8) is 0 Å². The molecular formula is C9H8N4OS. The Labute approximate surface area is 90.7 Å². The maximum atomic E-state index is 11.1. The summed E-state index contributed by atoms with van der Waals surface area (Å²) in [5.41, 5.74) is 1.47. The van der Waals surface area contributed by atoms with Crippen molar-refractivity contribution >= 4 is 18.0 Å². The molecule has 0 atom stereocenters. The van der Waals surface area contributed by atoms with E-state index in [2.05, 4.69) is 15.5 Å². The average Bonchev–Trinajstić information content (AvgIpc) is 2.65. The molecule has 0 aliphatic heterocycles. The SMILES string of the molecule is CC(=O)c1ccc(-n2[nH]nnc2=S)cc1. The van der Waals surface area contributed by atoms with Crippen molar-refractivity contribution in [2.24, 2.45) is 0 Å². The summed E-state index contributed by atoms with van der Waals surface area (Å²) in [7, 11) is 0. The fraction of sp³-hybridized carbons (Fsp3) is 0.111. The lowest BCUT2D eigenvalue weighted by Crippen LogP contribution is -1.98. The molecule has 0 fully saturated rings. The molecule has 2 aromatic rings. The van der Waals surface area contributed by atoms with Gasteiger partial charge in [-0.1, -0.05) is 10.3 Å². The second kappa shape index (κ2) is 3.74. The van der Waals surface area contributed by atoms with Gasteiger partial charge in [-0.3, -0.25) is 4.79 Å². The van der Waals surface area contributed by atoms with Gasteiger partial charge in [0.1, 0.15) is 0 Å². The van der Waals surface area contributed by atoms with E-state index in [4.69, 9.17) is 12.2 Å². The predicted octanol–water partition coefficient (Wildman–Crippen LogP) is 1.53. The van der Waals surface area contributed by atoms with Gasteiger partial charge in [-0.25, -0.2) is 4.68 Å². The van der Waals surface area contributed by atoms with Gasteiger partial charge in [0.05, 0.1) is 5.69 Å². The van der Waals surface area contributed by atoms with Crippen molar-refractivity contribution in [3.8, 4) is 5.69 Å². The zero-order valence-electron chi connectivity index (χ0n) is 7.97. The molecule has 0 saturated heterocycles. The maximum absolute atomic E-state index is 11.1. The number of aromatic amines is 1. The van der Waals surface area contributed by atoms with Gasteiger partial charge < -0.3 is 0 Å². The van der Waals surface area contributed by atoms with Crippen molar-refractivity contribution in [2.75, 3.05) is 0 Å². The van der Waals surface area contributed by atoms with Gasteiger partial charge in [0, 0.05) is 5.56 Å². The molecule has 15 heavy (non-hydrogen) atoms. The minimum absolute atomic E-state index is 0.0351. The number of H-pyrrole nitrogens is 1. The van der Waals surface area contributed by atoms with Crippen LogP contribution in [0.2, 0.25) is 0 Å². The Kier molecular flexibility index (Phi) is 2.42. The van der Waals surface area contributed by atoms with E-state index in [1.165, 1.54) is 6.92 Å². The van der Waals surface area contributed by atoms with Gasteiger partial charge in [-0.15, -0.1) is 0 Å². The largest absolute Gasteiger partial charge is 0.295 e. The normalized spacial score (nSPS) is 10.2. The van der Waals surface area contributed by atoms with E-state index in [1.54, 1.807) is 28.9 Å². The van der Waals surface area contributed by atoms with Crippen molar-refractivity contribution in [1.29, 1.82) is 0 Å². The van der Waals surface area contributed by atoms with Gasteiger partial charge in [-0.05, 0) is 43.4 Å². The summed E-state index contributed by atoms with van der Waals surface area (Å²) in [4.78, 5) is 11.1. The minimum Gasteiger partial charge on any atom is -0.295 e. The number of Topliss-reactive ketones (excluding diaryl/α,β-unsaturated/α-hetero) is 1. The Morgan fingerprint density at radius 2 is 2.07 bits per heavy atom. The molecule has 76 valence electrons. The monoisotopic (exact) mass is 220 g/mol. The highest BCUT2D eigenvalue weighted by Gasteiger charge is 2.01. The van der Waals surface area contributed by atoms with Gasteiger partial charge >= 0.3 is 0 Å². The summed E-state index contributed by atoms with van der Waals surface area (Å²) < 4.78 is 1.91. The number of rotatable bonds is 2. The van der Waals surface area contributed by atoms with Crippen molar-refractivity contribution < 1.29 is 4.79 Å². The summed E-state index contributed by atoms with van der Waals surface area (Å²) in [6.45, 7) is 1.53. The highest BCUT2D eigenvalue weighted by molar-refractivity contribution is 7.71. The zero-order chi connectivity index (χ0) is 10.8. The van der Waals surface area contributed by atoms with Crippen molar-refractivity contribution in [1.82, 2.24) is 20.2 Å². The quantitative estimate of drug-likeness (QED) is 0.615. The number of nitrogens with zero attached hydrogens (tertiary/aromatic N) is 3. The summed E-state index contributed by atoms with van der Waals surface area (Å²) in [6.07, 6.45) is 0. The van der Waals surface area contributed by atoms with Crippen LogP contribution in [0.5, 0.6) is 0 Å². The molecule has 6 heteroatoms. The van der Waals surface area contributed by atoms with Crippen LogP contribution in [-0.4, -0.2) is 26.0 Å². The van der Waals surface area contributed by atoms with E-state index in [0.717, 1.165) is 5.69 Å². The summed E-state index contributed by atoms with van der Waals surface area (Å²) >= 11 is 4.94. The third-order valence-corrected chi connectivity index (χ3v) is 2.27. The van der Waals surface area contributed by atoms with Gasteiger partial charge in [-0.2, -0.15) is 5.21 Å². The van der Waals surface area contributed by atoms with Gasteiger partial charge in [0.25, 0.3) is 0 Å². The molecule has 0 spiro atoms. The molecule has 0 radical (unpaired) electrons. The lowest BCUT2D eigenvalue weighted by Gasteiger charge is -2.00.